The highest BCUT2D eigenvalue weighted by atomic mass is 32.1. The zero-order chi connectivity index (χ0) is 17.9. The Labute approximate surface area is 160 Å². The van der Waals surface area contributed by atoms with Crippen LogP contribution < -0.4 is 5.32 Å². The van der Waals surface area contributed by atoms with Crippen LogP contribution in [0.1, 0.15) is 27.9 Å². The average Bonchev–Trinajstić information content (AvgIpc) is 3.35. The number of thiophene rings is 1. The van der Waals surface area contributed by atoms with Crippen LogP contribution in [0, 0.1) is 0 Å². The van der Waals surface area contributed by atoms with E-state index in [1.807, 2.05) is 30.3 Å². The summed E-state index contributed by atoms with van der Waals surface area (Å²) in [4.78, 5) is 17.2. The number of hydrogen-bond donors (Lipinski definition) is 1. The van der Waals surface area contributed by atoms with E-state index in [9.17, 15) is 4.79 Å². The molecule has 4 aromatic rings. The van der Waals surface area contributed by atoms with Gasteiger partial charge in [0.15, 0.2) is 0 Å². The number of nitrogens with one attached hydrogen (secondary N) is 1. The fraction of sp³-hybridized carbons (Fsp3) is 0.143. The van der Waals surface area contributed by atoms with Crippen LogP contribution in [0.25, 0.3) is 21.3 Å². The monoisotopic (exact) mass is 378 g/mol. The Kier molecular flexibility index (Phi) is 4.82. The zero-order valence-corrected chi connectivity index (χ0v) is 16.0. The van der Waals surface area contributed by atoms with Gasteiger partial charge >= 0.3 is 0 Å². The van der Waals surface area contributed by atoms with E-state index in [0.717, 1.165) is 27.2 Å². The minimum Gasteiger partial charge on any atom is -0.348 e. The molecule has 1 amide bonds. The van der Waals surface area contributed by atoms with E-state index in [4.69, 9.17) is 0 Å². The number of carbonyl (C=O) groups excluding carboxylic acids is 1. The minimum atomic E-state index is -0.0570. The lowest BCUT2D eigenvalue weighted by Gasteiger charge is -2.10. The van der Waals surface area contributed by atoms with E-state index >= 15 is 0 Å². The van der Waals surface area contributed by atoms with Gasteiger partial charge in [-0.15, -0.1) is 11.3 Å². The van der Waals surface area contributed by atoms with Gasteiger partial charge < -0.3 is 5.32 Å². The van der Waals surface area contributed by atoms with Crippen LogP contribution in [0.4, 0.5) is 0 Å². The smallest absolute Gasteiger partial charge is 0.251 e. The third kappa shape index (κ3) is 3.41. The first-order valence-electron chi connectivity index (χ1n) is 8.52. The molecule has 0 unspecified atom stereocenters. The Balaban J connectivity index is 1.53. The molecule has 2 heterocycles. The molecule has 0 aliphatic rings. The van der Waals surface area contributed by atoms with Gasteiger partial charge in [-0.25, -0.2) is 4.98 Å². The average molecular weight is 379 g/mol. The quantitative estimate of drug-likeness (QED) is 0.497. The number of nitrogens with zero attached hydrogens (tertiary/aromatic N) is 1. The van der Waals surface area contributed by atoms with Gasteiger partial charge in [-0.2, -0.15) is 11.3 Å². The lowest BCUT2D eigenvalue weighted by atomic mass is 10.0. The van der Waals surface area contributed by atoms with Crippen LogP contribution in [-0.2, 0) is 13.0 Å². The summed E-state index contributed by atoms with van der Waals surface area (Å²) in [6.07, 6.45) is 0.917. The maximum absolute atomic E-state index is 12.6. The van der Waals surface area contributed by atoms with Gasteiger partial charge in [0.2, 0.25) is 0 Å². The number of fused-ring (bicyclic) bond motifs is 1. The Morgan fingerprint density at radius 2 is 2.04 bits per heavy atom. The first-order chi connectivity index (χ1) is 12.7. The molecule has 0 bridgehead atoms. The highest BCUT2D eigenvalue weighted by Gasteiger charge is 2.11. The summed E-state index contributed by atoms with van der Waals surface area (Å²) in [6.45, 7) is 2.60. The molecule has 0 aliphatic heterocycles. The van der Waals surface area contributed by atoms with E-state index in [1.54, 1.807) is 22.7 Å². The van der Waals surface area contributed by atoms with Crippen LogP contribution in [0.2, 0.25) is 0 Å². The molecule has 0 atom stereocenters. The number of rotatable bonds is 5. The number of amides is 1. The third-order valence-corrected chi connectivity index (χ3v) is 6.13. The highest BCUT2D eigenvalue weighted by molar-refractivity contribution is 7.18. The standard InChI is InChI=1S/C21H18N2OS2/c1-2-20-23-18-8-7-14(11-19(18)26-20)21(24)22-12-15-5-3-4-6-17(15)16-9-10-25-13-16/h3-11,13H,2,12H2,1H3,(H,22,24). The number of aromatic nitrogens is 1. The Morgan fingerprint density at radius 1 is 1.15 bits per heavy atom. The summed E-state index contributed by atoms with van der Waals surface area (Å²) in [6, 6.07) is 16.0. The molecule has 4 rings (SSSR count). The van der Waals surface area contributed by atoms with Crippen LogP contribution in [0.15, 0.2) is 59.3 Å². The highest BCUT2D eigenvalue weighted by Crippen LogP contribution is 2.26. The Hall–Kier alpha value is -2.50. The molecule has 26 heavy (non-hydrogen) atoms. The van der Waals surface area contributed by atoms with Crippen molar-refractivity contribution in [3.05, 3.63) is 75.4 Å². The molecule has 130 valence electrons. The summed E-state index contributed by atoms with van der Waals surface area (Å²) in [5.74, 6) is -0.0570. The molecule has 3 nitrogen and oxygen atoms in total. The summed E-state index contributed by atoms with van der Waals surface area (Å²) in [5, 5.41) is 8.35. The second kappa shape index (κ2) is 7.40. The van der Waals surface area contributed by atoms with Gasteiger partial charge in [-0.05, 0) is 58.1 Å². The summed E-state index contributed by atoms with van der Waals surface area (Å²) >= 11 is 3.33. The van der Waals surface area contributed by atoms with Crippen molar-refractivity contribution in [2.24, 2.45) is 0 Å². The SMILES string of the molecule is CCc1nc2ccc(C(=O)NCc3ccccc3-c3ccsc3)cc2s1. The maximum Gasteiger partial charge on any atom is 0.251 e. The van der Waals surface area contributed by atoms with Gasteiger partial charge in [-0.1, -0.05) is 31.2 Å². The van der Waals surface area contributed by atoms with Gasteiger partial charge in [0.1, 0.15) is 0 Å². The number of thiazole rings is 1. The van der Waals surface area contributed by atoms with Gasteiger partial charge in [0, 0.05) is 12.1 Å². The van der Waals surface area contributed by atoms with E-state index in [-0.39, 0.29) is 5.91 Å². The molecular weight excluding hydrogens is 360 g/mol. The minimum absolute atomic E-state index is 0.0570. The second-order valence-corrected chi connectivity index (χ2v) is 7.89. The van der Waals surface area contributed by atoms with Crippen molar-refractivity contribution in [3.63, 3.8) is 0 Å². The molecule has 2 aromatic carbocycles. The molecule has 0 radical (unpaired) electrons. The van der Waals surface area contributed by atoms with Crippen LogP contribution in [-0.4, -0.2) is 10.9 Å². The van der Waals surface area contributed by atoms with Gasteiger partial charge in [0.05, 0.1) is 15.2 Å². The van der Waals surface area contributed by atoms with Crippen LogP contribution in [0.5, 0.6) is 0 Å². The summed E-state index contributed by atoms with van der Waals surface area (Å²) in [7, 11) is 0. The van der Waals surface area contributed by atoms with Crippen LogP contribution in [0.3, 0.4) is 0 Å². The first-order valence-corrected chi connectivity index (χ1v) is 10.3. The lowest BCUT2D eigenvalue weighted by Crippen LogP contribution is -2.23. The Bertz CT molecular complexity index is 1050. The number of carbonyl (C=O) groups is 1. The molecule has 0 aliphatic carbocycles. The van der Waals surface area contributed by atoms with Crippen molar-refractivity contribution < 1.29 is 4.79 Å². The maximum atomic E-state index is 12.6. The molecule has 5 heteroatoms. The zero-order valence-electron chi connectivity index (χ0n) is 14.4. The van der Waals surface area contributed by atoms with Gasteiger partial charge in [0.25, 0.3) is 5.91 Å². The van der Waals surface area contributed by atoms with E-state index in [1.165, 1.54) is 11.1 Å². The molecule has 1 N–H and O–H groups in total. The summed E-state index contributed by atoms with van der Waals surface area (Å²) in [5.41, 5.74) is 5.12. The van der Waals surface area contributed by atoms with Crippen molar-refractivity contribution in [1.82, 2.24) is 10.3 Å². The molecular formula is C21H18N2OS2. The van der Waals surface area contributed by atoms with Crippen molar-refractivity contribution in [1.29, 1.82) is 0 Å². The summed E-state index contributed by atoms with van der Waals surface area (Å²) < 4.78 is 1.06. The third-order valence-electron chi connectivity index (χ3n) is 4.29. The van der Waals surface area contributed by atoms with E-state index in [0.29, 0.717) is 12.1 Å². The fourth-order valence-electron chi connectivity index (χ4n) is 2.92. The van der Waals surface area contributed by atoms with E-state index < -0.39 is 0 Å². The van der Waals surface area contributed by atoms with Crippen molar-refractivity contribution >= 4 is 38.8 Å². The predicted octanol–water partition coefficient (Wildman–Crippen LogP) is 5.52. The predicted molar refractivity (Wildman–Crippen MR) is 110 cm³/mol. The topological polar surface area (TPSA) is 42.0 Å². The molecule has 2 aromatic heterocycles. The van der Waals surface area contributed by atoms with Crippen molar-refractivity contribution in [2.75, 3.05) is 0 Å². The molecule has 0 saturated heterocycles. The van der Waals surface area contributed by atoms with E-state index in [2.05, 4.69) is 46.2 Å². The lowest BCUT2D eigenvalue weighted by molar-refractivity contribution is 0.0951. The van der Waals surface area contributed by atoms with Crippen LogP contribution >= 0.6 is 22.7 Å². The van der Waals surface area contributed by atoms with Crippen molar-refractivity contribution in [3.8, 4) is 11.1 Å². The van der Waals surface area contributed by atoms with Crippen molar-refractivity contribution in [2.45, 2.75) is 19.9 Å². The first kappa shape index (κ1) is 16.9. The molecule has 0 spiro atoms. The Morgan fingerprint density at radius 3 is 2.85 bits per heavy atom. The number of hydrogen-bond acceptors (Lipinski definition) is 4. The number of aryl methyl sites for hydroxylation is 1. The van der Waals surface area contributed by atoms with Gasteiger partial charge in [-0.3, -0.25) is 4.79 Å². The fourth-order valence-corrected chi connectivity index (χ4v) is 4.52. The molecule has 0 saturated carbocycles. The normalized spacial score (nSPS) is 11.0. The second-order valence-electron chi connectivity index (χ2n) is 6.00. The largest absolute Gasteiger partial charge is 0.348 e. The number of benzene rings is 2. The molecule has 0 fully saturated rings.